The maximum Gasteiger partial charge on any atom is 0.290 e. The van der Waals surface area contributed by atoms with Crippen molar-refractivity contribution in [3.8, 4) is 0 Å². The predicted octanol–water partition coefficient (Wildman–Crippen LogP) is 0.181. The van der Waals surface area contributed by atoms with Crippen molar-refractivity contribution in [2.75, 3.05) is 25.0 Å². The second kappa shape index (κ2) is 6.15. The minimum absolute atomic E-state index is 0.178. The van der Waals surface area contributed by atoms with Gasteiger partial charge in [-0.2, -0.15) is 0 Å². The molecule has 3 N–H and O–H groups in total. The fourth-order valence-electron chi connectivity index (χ4n) is 1.05. The normalized spacial score (nSPS) is 10.1. The zero-order valence-electron chi connectivity index (χ0n) is 8.34. The Morgan fingerprint density at radius 1 is 1.43 bits per heavy atom. The molecule has 0 aliphatic heterocycles. The standard InChI is InChI=1S/C9H16N4O/c1-2-3-10-4-5-11-8-9(14)13-7-6-12-8/h6-7,10H,2-5H2,1H3,(H,11,12)(H,13,14). The lowest BCUT2D eigenvalue weighted by Crippen LogP contribution is -2.25. The summed E-state index contributed by atoms with van der Waals surface area (Å²) in [6, 6.07) is 0. The Labute approximate surface area is 83.0 Å². The SMILES string of the molecule is CCCNCCNc1ncc[nH]c1=O. The summed E-state index contributed by atoms with van der Waals surface area (Å²) in [5.41, 5.74) is -0.178. The number of aromatic amines is 1. The van der Waals surface area contributed by atoms with Crippen molar-refractivity contribution in [3.63, 3.8) is 0 Å². The number of aromatic nitrogens is 2. The molecule has 1 rings (SSSR count). The Bertz CT molecular complexity index is 310. The second-order valence-electron chi connectivity index (χ2n) is 2.94. The maximum atomic E-state index is 11.1. The van der Waals surface area contributed by atoms with Crippen LogP contribution in [0, 0.1) is 0 Å². The predicted molar refractivity (Wildman–Crippen MR) is 56.5 cm³/mol. The summed E-state index contributed by atoms with van der Waals surface area (Å²) in [6.45, 7) is 4.66. The van der Waals surface area contributed by atoms with Gasteiger partial charge in [-0.3, -0.25) is 4.79 Å². The first kappa shape index (κ1) is 10.7. The van der Waals surface area contributed by atoms with E-state index in [1.807, 2.05) is 0 Å². The summed E-state index contributed by atoms with van der Waals surface area (Å²) < 4.78 is 0. The van der Waals surface area contributed by atoms with Crippen LogP contribution in [0.2, 0.25) is 0 Å². The lowest BCUT2D eigenvalue weighted by Gasteiger charge is -2.04. The molecule has 78 valence electrons. The Kier molecular flexibility index (Phi) is 4.71. The van der Waals surface area contributed by atoms with Gasteiger partial charge >= 0.3 is 0 Å². The molecule has 0 aliphatic rings. The highest BCUT2D eigenvalue weighted by atomic mass is 16.1. The highest BCUT2D eigenvalue weighted by molar-refractivity contribution is 5.29. The third-order valence-electron chi connectivity index (χ3n) is 1.73. The van der Waals surface area contributed by atoms with Gasteiger partial charge in [-0.25, -0.2) is 4.98 Å². The number of anilines is 1. The molecule has 14 heavy (non-hydrogen) atoms. The smallest absolute Gasteiger partial charge is 0.290 e. The average molecular weight is 196 g/mol. The Morgan fingerprint density at radius 3 is 3.00 bits per heavy atom. The van der Waals surface area contributed by atoms with Crippen LogP contribution in [-0.2, 0) is 0 Å². The second-order valence-corrected chi connectivity index (χ2v) is 2.94. The number of hydrogen-bond acceptors (Lipinski definition) is 4. The van der Waals surface area contributed by atoms with Crippen LogP contribution in [0.1, 0.15) is 13.3 Å². The zero-order valence-corrected chi connectivity index (χ0v) is 8.34. The Balaban J connectivity index is 2.25. The molecule has 0 saturated heterocycles. The number of H-pyrrole nitrogens is 1. The van der Waals surface area contributed by atoms with Gasteiger partial charge in [-0.15, -0.1) is 0 Å². The summed E-state index contributed by atoms with van der Waals surface area (Å²) in [6.07, 6.45) is 4.19. The molecule has 1 aromatic heterocycles. The molecule has 5 heteroatoms. The molecule has 0 amide bonds. The highest BCUT2D eigenvalue weighted by Crippen LogP contribution is 1.87. The van der Waals surface area contributed by atoms with Gasteiger partial charge in [0.1, 0.15) is 0 Å². The van der Waals surface area contributed by atoms with Crippen LogP contribution in [-0.4, -0.2) is 29.6 Å². The number of nitrogens with one attached hydrogen (secondary N) is 3. The summed E-state index contributed by atoms with van der Waals surface area (Å²) in [7, 11) is 0. The average Bonchev–Trinajstić information content (AvgIpc) is 2.20. The number of nitrogens with zero attached hydrogens (tertiary/aromatic N) is 1. The molecular formula is C9H16N4O. The van der Waals surface area contributed by atoms with Crippen LogP contribution in [0.15, 0.2) is 17.2 Å². The van der Waals surface area contributed by atoms with E-state index in [1.165, 1.54) is 6.20 Å². The fraction of sp³-hybridized carbons (Fsp3) is 0.556. The topological polar surface area (TPSA) is 69.8 Å². The molecule has 0 unspecified atom stereocenters. The van der Waals surface area contributed by atoms with Crippen molar-refractivity contribution >= 4 is 5.82 Å². The van der Waals surface area contributed by atoms with Gasteiger partial charge in [0.15, 0.2) is 5.82 Å². The Hall–Kier alpha value is -1.36. The van der Waals surface area contributed by atoms with E-state index in [0.717, 1.165) is 19.5 Å². The van der Waals surface area contributed by atoms with Crippen molar-refractivity contribution < 1.29 is 0 Å². The van der Waals surface area contributed by atoms with Gasteiger partial charge in [0, 0.05) is 25.5 Å². The lowest BCUT2D eigenvalue weighted by atomic mass is 10.4. The molecular weight excluding hydrogens is 180 g/mol. The third-order valence-corrected chi connectivity index (χ3v) is 1.73. The summed E-state index contributed by atoms with van der Waals surface area (Å²) in [4.78, 5) is 17.6. The molecule has 0 atom stereocenters. The van der Waals surface area contributed by atoms with Crippen molar-refractivity contribution in [1.29, 1.82) is 0 Å². The van der Waals surface area contributed by atoms with Gasteiger partial charge in [-0.05, 0) is 13.0 Å². The van der Waals surface area contributed by atoms with Crippen LogP contribution < -0.4 is 16.2 Å². The maximum absolute atomic E-state index is 11.1. The quantitative estimate of drug-likeness (QED) is 0.568. The van der Waals surface area contributed by atoms with Crippen LogP contribution in [0.5, 0.6) is 0 Å². The van der Waals surface area contributed by atoms with Crippen molar-refractivity contribution in [2.45, 2.75) is 13.3 Å². The van der Waals surface area contributed by atoms with Crippen molar-refractivity contribution in [2.24, 2.45) is 0 Å². The molecule has 0 bridgehead atoms. The van der Waals surface area contributed by atoms with Crippen molar-refractivity contribution in [3.05, 3.63) is 22.7 Å². The number of hydrogen-bond donors (Lipinski definition) is 3. The molecule has 1 heterocycles. The van der Waals surface area contributed by atoms with E-state index in [2.05, 4.69) is 27.5 Å². The van der Waals surface area contributed by atoms with Gasteiger partial charge in [0.05, 0.1) is 0 Å². The largest absolute Gasteiger partial charge is 0.364 e. The molecule has 0 saturated carbocycles. The van der Waals surface area contributed by atoms with Crippen LogP contribution in [0.25, 0.3) is 0 Å². The molecule has 5 nitrogen and oxygen atoms in total. The molecule has 0 radical (unpaired) electrons. The summed E-state index contributed by atoms with van der Waals surface area (Å²) in [5.74, 6) is 0.380. The first-order chi connectivity index (χ1) is 6.84. The number of rotatable bonds is 6. The molecule has 0 spiro atoms. The van der Waals surface area contributed by atoms with E-state index in [1.54, 1.807) is 6.20 Å². The third kappa shape index (κ3) is 3.57. The highest BCUT2D eigenvalue weighted by Gasteiger charge is 1.96. The van der Waals surface area contributed by atoms with Gasteiger partial charge < -0.3 is 15.6 Å². The minimum atomic E-state index is -0.178. The molecule has 0 fully saturated rings. The zero-order chi connectivity index (χ0) is 10.2. The first-order valence-electron chi connectivity index (χ1n) is 4.83. The van der Waals surface area contributed by atoms with E-state index in [4.69, 9.17) is 0 Å². The van der Waals surface area contributed by atoms with E-state index >= 15 is 0 Å². The molecule has 1 aromatic rings. The lowest BCUT2D eigenvalue weighted by molar-refractivity contribution is 0.686. The van der Waals surface area contributed by atoms with E-state index in [9.17, 15) is 4.79 Å². The van der Waals surface area contributed by atoms with E-state index in [0.29, 0.717) is 12.4 Å². The Morgan fingerprint density at radius 2 is 2.29 bits per heavy atom. The summed E-state index contributed by atoms with van der Waals surface area (Å²) >= 11 is 0. The summed E-state index contributed by atoms with van der Waals surface area (Å²) in [5, 5.41) is 6.18. The monoisotopic (exact) mass is 196 g/mol. The van der Waals surface area contributed by atoms with Gasteiger partial charge in [-0.1, -0.05) is 6.92 Å². The van der Waals surface area contributed by atoms with Gasteiger partial charge in [0.25, 0.3) is 5.56 Å². The first-order valence-corrected chi connectivity index (χ1v) is 4.83. The van der Waals surface area contributed by atoms with Crippen LogP contribution >= 0.6 is 0 Å². The molecule has 0 aromatic carbocycles. The molecule has 0 aliphatic carbocycles. The van der Waals surface area contributed by atoms with E-state index < -0.39 is 0 Å². The minimum Gasteiger partial charge on any atom is -0.364 e. The van der Waals surface area contributed by atoms with E-state index in [-0.39, 0.29) is 5.56 Å². The van der Waals surface area contributed by atoms with Crippen molar-refractivity contribution in [1.82, 2.24) is 15.3 Å². The van der Waals surface area contributed by atoms with Crippen LogP contribution in [0.4, 0.5) is 5.82 Å². The van der Waals surface area contributed by atoms with Crippen LogP contribution in [0.3, 0.4) is 0 Å². The van der Waals surface area contributed by atoms with Gasteiger partial charge in [0.2, 0.25) is 0 Å². The fourth-order valence-corrected chi connectivity index (χ4v) is 1.05.